The lowest BCUT2D eigenvalue weighted by Gasteiger charge is -2.24. The van der Waals surface area contributed by atoms with E-state index in [0.717, 1.165) is 61.8 Å². The number of para-hydroxylation sites is 2. The van der Waals surface area contributed by atoms with Crippen LogP contribution in [0.25, 0.3) is 0 Å². The van der Waals surface area contributed by atoms with Gasteiger partial charge in [0.2, 0.25) is 6.33 Å². The molecule has 0 atom stereocenters. The Bertz CT molecular complexity index is 1750. The summed E-state index contributed by atoms with van der Waals surface area (Å²) in [6.45, 7) is 12.9. The number of hydrogen-bond acceptors (Lipinski definition) is 4. The van der Waals surface area contributed by atoms with Crippen molar-refractivity contribution in [1.29, 1.82) is 0 Å². The van der Waals surface area contributed by atoms with E-state index in [-0.39, 0.29) is 0 Å². The molecular formula is C45H53N2O4+. The van der Waals surface area contributed by atoms with Gasteiger partial charge in [0, 0.05) is 25.7 Å². The molecule has 51 heavy (non-hydrogen) atoms. The fourth-order valence-electron chi connectivity index (χ4n) is 7.62. The van der Waals surface area contributed by atoms with Crippen molar-refractivity contribution in [3.8, 4) is 23.0 Å². The van der Waals surface area contributed by atoms with Crippen molar-refractivity contribution in [2.75, 3.05) is 26.4 Å². The lowest BCUT2D eigenvalue weighted by molar-refractivity contribution is -0.687. The molecule has 0 fully saturated rings. The SMILES string of the molecule is CCCOc1c2cccc1Cc1cc3cc(c1OCCC)Cc1cccc(c1OCCC)Cc1cc(cc(c1OCCC)C2)Cn1cc[n+](c1)C3. The van der Waals surface area contributed by atoms with Gasteiger partial charge in [0.05, 0.1) is 26.4 Å². The Morgan fingerprint density at radius 2 is 0.882 bits per heavy atom. The fourth-order valence-corrected chi connectivity index (χ4v) is 7.62. The van der Waals surface area contributed by atoms with E-state index >= 15 is 0 Å². The summed E-state index contributed by atoms with van der Waals surface area (Å²) in [5, 5.41) is 0. The van der Waals surface area contributed by atoms with Crippen molar-refractivity contribution in [3.05, 3.63) is 135 Å². The minimum absolute atomic E-state index is 0.660. The van der Waals surface area contributed by atoms with Crippen molar-refractivity contribution in [1.82, 2.24) is 4.57 Å². The lowest BCUT2D eigenvalue weighted by atomic mass is 9.89. The Kier molecular flexibility index (Phi) is 11.0. The number of imidazole rings is 1. The minimum Gasteiger partial charge on any atom is -0.493 e. The summed E-state index contributed by atoms with van der Waals surface area (Å²) in [7, 11) is 0. The Morgan fingerprint density at radius 1 is 0.510 bits per heavy atom. The number of ether oxygens (including phenoxy) is 4. The first-order valence-corrected chi connectivity index (χ1v) is 19.1. The third-order valence-corrected chi connectivity index (χ3v) is 9.76. The second-order valence-electron chi connectivity index (χ2n) is 14.2. The molecule has 266 valence electrons. The summed E-state index contributed by atoms with van der Waals surface area (Å²) in [6, 6.07) is 22.8. The standard InChI is InChI=1S/C45H53N2O4/c1-5-17-48-42-34-11-9-12-35(42)26-39-22-33-24-41(45(39)51-20-8-4)28-37-14-10-13-36(43(37)49-18-6-2)27-40-23-32(29-46-15-16-47(30-33)31-46)21-38(25-34)44(40)50-19-7-3/h9-16,21-24,31H,5-8,17-20,25-30H2,1-4H3/q+1. The molecule has 3 aliphatic rings. The van der Waals surface area contributed by atoms with Crippen LogP contribution in [0.15, 0.2) is 79.4 Å². The molecular weight excluding hydrogens is 633 g/mol. The molecule has 0 N–H and O–H groups in total. The van der Waals surface area contributed by atoms with Crippen LogP contribution in [0.2, 0.25) is 0 Å². The van der Waals surface area contributed by atoms with Crippen LogP contribution in [0.5, 0.6) is 23.0 Å². The van der Waals surface area contributed by atoms with Crippen LogP contribution in [0.3, 0.4) is 0 Å². The summed E-state index contributed by atoms with van der Waals surface area (Å²) in [5.74, 6) is 3.95. The molecule has 12 bridgehead atoms. The summed E-state index contributed by atoms with van der Waals surface area (Å²) >= 11 is 0. The molecule has 4 aromatic carbocycles. The van der Waals surface area contributed by atoms with Gasteiger partial charge in [-0.1, -0.05) is 64.1 Å². The fraction of sp³-hybridized carbons (Fsp3) is 0.400. The third kappa shape index (κ3) is 7.80. The van der Waals surface area contributed by atoms with E-state index in [9.17, 15) is 0 Å². The van der Waals surface area contributed by atoms with Gasteiger partial charge in [0.15, 0.2) is 0 Å². The van der Waals surface area contributed by atoms with Gasteiger partial charge in [-0.3, -0.25) is 0 Å². The molecule has 0 spiro atoms. The van der Waals surface area contributed by atoms with Gasteiger partial charge in [0.25, 0.3) is 0 Å². The van der Waals surface area contributed by atoms with Crippen LogP contribution in [0.1, 0.15) is 109 Å². The first-order chi connectivity index (χ1) is 25.1. The smallest absolute Gasteiger partial charge is 0.244 e. The van der Waals surface area contributed by atoms with Crippen molar-refractivity contribution < 1.29 is 23.5 Å². The quantitative estimate of drug-likeness (QED) is 0.121. The van der Waals surface area contributed by atoms with Gasteiger partial charge >= 0.3 is 0 Å². The van der Waals surface area contributed by atoms with E-state index in [4.69, 9.17) is 18.9 Å². The Balaban J connectivity index is 1.56. The van der Waals surface area contributed by atoms with Crippen LogP contribution in [-0.2, 0) is 38.8 Å². The van der Waals surface area contributed by atoms with Crippen molar-refractivity contribution in [2.45, 2.75) is 92.2 Å². The maximum Gasteiger partial charge on any atom is 0.244 e. The maximum atomic E-state index is 6.74. The number of hydrogen-bond donors (Lipinski definition) is 0. The van der Waals surface area contributed by atoms with Crippen LogP contribution >= 0.6 is 0 Å². The molecule has 0 amide bonds. The van der Waals surface area contributed by atoms with Crippen molar-refractivity contribution >= 4 is 0 Å². The number of aromatic nitrogens is 2. The van der Waals surface area contributed by atoms with Gasteiger partial charge in [-0.2, -0.15) is 0 Å². The normalized spacial score (nSPS) is 13.3. The molecule has 2 aliphatic heterocycles. The Hall–Kier alpha value is -4.71. The first-order valence-electron chi connectivity index (χ1n) is 19.1. The highest BCUT2D eigenvalue weighted by atomic mass is 16.5. The van der Waals surface area contributed by atoms with E-state index < -0.39 is 0 Å². The average Bonchev–Trinajstić information content (AvgIpc) is 3.56. The molecule has 6 heteroatoms. The zero-order chi connectivity index (χ0) is 35.2. The van der Waals surface area contributed by atoms with E-state index in [2.05, 4.69) is 116 Å². The van der Waals surface area contributed by atoms with Gasteiger partial charge in [-0.05, 0) is 106 Å². The molecule has 3 heterocycles. The summed E-state index contributed by atoms with van der Waals surface area (Å²) in [5.41, 5.74) is 12.0. The molecule has 0 saturated heterocycles. The number of nitrogens with zero attached hydrogens (tertiary/aromatic N) is 2. The molecule has 6 nitrogen and oxygen atoms in total. The number of benzene rings is 4. The van der Waals surface area contributed by atoms with Gasteiger partial charge < -0.3 is 18.9 Å². The van der Waals surface area contributed by atoms with Gasteiger partial charge in [-0.25, -0.2) is 9.13 Å². The second kappa shape index (κ2) is 16.1. The van der Waals surface area contributed by atoms with E-state index in [1.54, 1.807) is 0 Å². The van der Waals surface area contributed by atoms with Crippen LogP contribution < -0.4 is 23.5 Å². The zero-order valence-electron chi connectivity index (χ0n) is 30.9. The second-order valence-corrected chi connectivity index (χ2v) is 14.2. The monoisotopic (exact) mass is 685 g/mol. The molecule has 1 aliphatic carbocycles. The highest BCUT2D eigenvalue weighted by molar-refractivity contribution is 5.57. The molecule has 0 radical (unpaired) electrons. The Morgan fingerprint density at radius 3 is 1.27 bits per heavy atom. The highest BCUT2D eigenvalue weighted by Gasteiger charge is 2.24. The van der Waals surface area contributed by atoms with E-state index in [1.807, 2.05) is 0 Å². The molecule has 8 rings (SSSR count). The molecule has 5 aromatic rings. The third-order valence-electron chi connectivity index (χ3n) is 9.76. The summed E-state index contributed by atoms with van der Waals surface area (Å²) in [6.07, 6.45) is 13.2. The van der Waals surface area contributed by atoms with Crippen molar-refractivity contribution in [2.24, 2.45) is 0 Å². The average molecular weight is 686 g/mol. The Labute approximate surface area is 304 Å². The predicted molar refractivity (Wildman–Crippen MR) is 203 cm³/mol. The predicted octanol–water partition coefficient (Wildman–Crippen LogP) is 9.02. The topological polar surface area (TPSA) is 45.7 Å². The van der Waals surface area contributed by atoms with Crippen LogP contribution in [0.4, 0.5) is 0 Å². The largest absolute Gasteiger partial charge is 0.493 e. The van der Waals surface area contributed by atoms with E-state index in [0.29, 0.717) is 52.1 Å². The van der Waals surface area contributed by atoms with Crippen LogP contribution in [-0.4, -0.2) is 31.0 Å². The highest BCUT2D eigenvalue weighted by Crippen LogP contribution is 2.40. The van der Waals surface area contributed by atoms with Crippen LogP contribution in [0, 0.1) is 0 Å². The van der Waals surface area contributed by atoms with Gasteiger partial charge in [-0.15, -0.1) is 0 Å². The first kappa shape index (κ1) is 34.7. The summed E-state index contributed by atoms with van der Waals surface area (Å²) in [4.78, 5) is 0. The lowest BCUT2D eigenvalue weighted by Crippen LogP contribution is -2.31. The number of rotatable bonds is 12. The van der Waals surface area contributed by atoms with E-state index in [1.165, 1.54) is 55.6 Å². The van der Waals surface area contributed by atoms with Crippen molar-refractivity contribution in [3.63, 3.8) is 0 Å². The zero-order valence-corrected chi connectivity index (χ0v) is 30.9. The van der Waals surface area contributed by atoms with Gasteiger partial charge in [0.1, 0.15) is 48.5 Å². The summed E-state index contributed by atoms with van der Waals surface area (Å²) < 4.78 is 31.5. The molecule has 0 saturated carbocycles. The molecule has 1 aromatic heterocycles. The molecule has 0 unspecified atom stereocenters. The minimum atomic E-state index is 0.660. The maximum absolute atomic E-state index is 6.74.